The largest absolute Gasteiger partial charge is 0.496 e. The van der Waals surface area contributed by atoms with Crippen LogP contribution >= 0.6 is 11.8 Å². The molecule has 5 nitrogen and oxygen atoms in total. The maximum absolute atomic E-state index is 12.7. The van der Waals surface area contributed by atoms with Gasteiger partial charge in [0.15, 0.2) is 0 Å². The van der Waals surface area contributed by atoms with E-state index < -0.39 is 0 Å². The number of ether oxygens (including phenoxy) is 1. The van der Waals surface area contributed by atoms with Crippen LogP contribution in [0.4, 0.5) is 0 Å². The molecule has 6 heteroatoms. The molecule has 1 aromatic rings. The van der Waals surface area contributed by atoms with Crippen molar-refractivity contribution in [3.05, 3.63) is 29.8 Å². The Morgan fingerprint density at radius 2 is 2.14 bits per heavy atom. The predicted molar refractivity (Wildman–Crippen MR) is 87.7 cm³/mol. The number of hydrogen-bond donors (Lipinski definition) is 0. The fraction of sp³-hybridized carbons (Fsp3) is 0.500. The Kier molecular flexibility index (Phi) is 5.71. The number of benzene rings is 1. The van der Waals surface area contributed by atoms with Gasteiger partial charge in [-0.05, 0) is 6.07 Å². The van der Waals surface area contributed by atoms with E-state index >= 15 is 0 Å². The van der Waals surface area contributed by atoms with Crippen LogP contribution in [-0.2, 0) is 16.1 Å². The molecule has 0 saturated carbocycles. The first-order valence-electron chi connectivity index (χ1n) is 7.32. The summed E-state index contributed by atoms with van der Waals surface area (Å²) in [5.41, 5.74) is 0.958. The highest BCUT2D eigenvalue weighted by atomic mass is 32.2. The molecule has 2 rings (SSSR count). The lowest BCUT2D eigenvalue weighted by Gasteiger charge is -2.27. The monoisotopic (exact) mass is 322 g/mol. The van der Waals surface area contributed by atoms with Gasteiger partial charge in [-0.3, -0.25) is 9.59 Å². The first kappa shape index (κ1) is 16.7. The van der Waals surface area contributed by atoms with Gasteiger partial charge >= 0.3 is 0 Å². The molecule has 1 aliphatic heterocycles. The third-order valence-corrected chi connectivity index (χ3v) is 4.78. The Morgan fingerprint density at radius 3 is 2.82 bits per heavy atom. The lowest BCUT2D eigenvalue weighted by molar-refractivity contribution is -0.142. The fourth-order valence-electron chi connectivity index (χ4n) is 2.52. The molecule has 0 aromatic heterocycles. The third-order valence-electron chi connectivity index (χ3n) is 3.77. The summed E-state index contributed by atoms with van der Waals surface area (Å²) in [6, 6.07) is 7.30. The van der Waals surface area contributed by atoms with Gasteiger partial charge in [-0.2, -0.15) is 0 Å². The molecule has 0 unspecified atom stereocenters. The Hall–Kier alpha value is -1.69. The van der Waals surface area contributed by atoms with E-state index in [9.17, 15) is 9.59 Å². The first-order chi connectivity index (χ1) is 10.6. The minimum Gasteiger partial charge on any atom is -0.496 e. The lowest BCUT2D eigenvalue weighted by Crippen LogP contribution is -2.47. The molecule has 1 saturated heterocycles. The smallest absolute Gasteiger partial charge is 0.246 e. The maximum atomic E-state index is 12.7. The summed E-state index contributed by atoms with van der Waals surface area (Å²) in [5.74, 6) is 2.06. The van der Waals surface area contributed by atoms with Gasteiger partial charge in [0, 0.05) is 31.3 Å². The van der Waals surface area contributed by atoms with Crippen LogP contribution in [0.1, 0.15) is 18.9 Å². The van der Waals surface area contributed by atoms with Crippen LogP contribution in [0, 0.1) is 0 Å². The van der Waals surface area contributed by atoms with Gasteiger partial charge in [-0.25, -0.2) is 0 Å². The summed E-state index contributed by atoms with van der Waals surface area (Å²) in [7, 11) is 3.39. The number of para-hydroxylation sites is 1. The number of methoxy groups -OCH3 is 1. The molecule has 2 amide bonds. The van der Waals surface area contributed by atoms with Crippen molar-refractivity contribution in [1.82, 2.24) is 9.80 Å². The number of carbonyl (C=O) groups is 2. The second-order valence-electron chi connectivity index (χ2n) is 5.24. The predicted octanol–water partition coefficient (Wildman–Crippen LogP) is 1.97. The van der Waals surface area contributed by atoms with Crippen LogP contribution in [0.15, 0.2) is 24.3 Å². The Balaban J connectivity index is 2.07. The average Bonchev–Trinajstić information content (AvgIpc) is 3.03. The van der Waals surface area contributed by atoms with Crippen LogP contribution in [0.5, 0.6) is 5.75 Å². The van der Waals surface area contributed by atoms with E-state index in [1.54, 1.807) is 35.7 Å². The molecule has 1 fully saturated rings. The highest BCUT2D eigenvalue weighted by molar-refractivity contribution is 7.99. The number of hydrogen-bond acceptors (Lipinski definition) is 4. The van der Waals surface area contributed by atoms with Crippen molar-refractivity contribution in [2.75, 3.05) is 25.8 Å². The molecule has 120 valence electrons. The average molecular weight is 322 g/mol. The number of amides is 2. The molecule has 0 spiro atoms. The quantitative estimate of drug-likeness (QED) is 0.831. The molecule has 0 radical (unpaired) electrons. The van der Waals surface area contributed by atoms with Crippen LogP contribution in [0.25, 0.3) is 0 Å². The van der Waals surface area contributed by atoms with Gasteiger partial charge in [0.25, 0.3) is 0 Å². The second kappa shape index (κ2) is 7.54. The standard InChI is InChI=1S/C16H22N2O3S/c1-4-15(19)18-11-22-10-13(18)16(20)17(2)9-12-7-5-6-8-14(12)21-3/h5-8,13H,4,9-11H2,1-3H3/t13-/m0/s1. The number of likely N-dealkylation sites (N-methyl/N-ethyl adjacent to an activating group) is 1. The van der Waals surface area contributed by atoms with E-state index in [0.29, 0.717) is 24.6 Å². The number of carbonyl (C=O) groups excluding carboxylic acids is 2. The highest BCUT2D eigenvalue weighted by Crippen LogP contribution is 2.24. The zero-order valence-electron chi connectivity index (χ0n) is 13.2. The topological polar surface area (TPSA) is 49.9 Å². The normalized spacial score (nSPS) is 17.4. The van der Waals surface area contributed by atoms with Gasteiger partial charge in [0.1, 0.15) is 11.8 Å². The Labute approximate surface area is 135 Å². The minimum atomic E-state index is -0.350. The third kappa shape index (κ3) is 3.55. The van der Waals surface area contributed by atoms with Gasteiger partial charge in [0.05, 0.1) is 13.0 Å². The Morgan fingerprint density at radius 1 is 1.41 bits per heavy atom. The van der Waals surface area contributed by atoms with Gasteiger partial charge in [-0.15, -0.1) is 11.8 Å². The molecule has 0 bridgehead atoms. The van der Waals surface area contributed by atoms with E-state index in [1.165, 1.54) is 0 Å². The fourth-order valence-corrected chi connectivity index (χ4v) is 3.69. The minimum absolute atomic E-state index is 0.0160. The van der Waals surface area contributed by atoms with E-state index in [-0.39, 0.29) is 17.9 Å². The number of nitrogens with zero attached hydrogens (tertiary/aromatic N) is 2. The summed E-state index contributed by atoms with van der Waals surface area (Å²) in [4.78, 5) is 27.9. The zero-order valence-corrected chi connectivity index (χ0v) is 14.1. The van der Waals surface area contributed by atoms with Gasteiger partial charge < -0.3 is 14.5 Å². The summed E-state index contributed by atoms with van der Waals surface area (Å²) in [6.07, 6.45) is 0.431. The first-order valence-corrected chi connectivity index (χ1v) is 8.48. The molecule has 1 aromatic carbocycles. The van der Waals surface area contributed by atoms with Gasteiger partial charge in [0.2, 0.25) is 11.8 Å². The molecule has 1 heterocycles. The van der Waals surface area contributed by atoms with Crippen LogP contribution in [0.3, 0.4) is 0 Å². The SMILES string of the molecule is CCC(=O)N1CSC[C@H]1C(=O)N(C)Cc1ccccc1OC. The van der Waals surface area contributed by atoms with Crippen LogP contribution in [-0.4, -0.2) is 53.4 Å². The van der Waals surface area contributed by atoms with Crippen molar-refractivity contribution in [3.8, 4) is 5.75 Å². The number of thioether (sulfide) groups is 1. The van der Waals surface area contributed by atoms with E-state index in [4.69, 9.17) is 4.74 Å². The molecule has 1 aliphatic rings. The second-order valence-corrected chi connectivity index (χ2v) is 6.24. The van der Waals surface area contributed by atoms with Gasteiger partial charge in [-0.1, -0.05) is 25.1 Å². The van der Waals surface area contributed by atoms with Crippen molar-refractivity contribution in [3.63, 3.8) is 0 Å². The maximum Gasteiger partial charge on any atom is 0.246 e. The van der Waals surface area contributed by atoms with Crippen molar-refractivity contribution < 1.29 is 14.3 Å². The molecular formula is C16H22N2O3S. The zero-order chi connectivity index (χ0) is 16.1. The Bertz CT molecular complexity index is 550. The molecule has 0 aliphatic carbocycles. The van der Waals surface area contributed by atoms with E-state index in [2.05, 4.69) is 0 Å². The van der Waals surface area contributed by atoms with Crippen molar-refractivity contribution in [1.29, 1.82) is 0 Å². The van der Waals surface area contributed by atoms with Crippen molar-refractivity contribution >= 4 is 23.6 Å². The molecule has 0 N–H and O–H groups in total. The van der Waals surface area contributed by atoms with E-state index in [0.717, 1.165) is 11.3 Å². The molecule has 22 heavy (non-hydrogen) atoms. The van der Waals surface area contributed by atoms with Crippen molar-refractivity contribution in [2.45, 2.75) is 25.9 Å². The van der Waals surface area contributed by atoms with Crippen LogP contribution in [0.2, 0.25) is 0 Å². The summed E-state index contributed by atoms with van der Waals surface area (Å²) in [5, 5.41) is 0. The highest BCUT2D eigenvalue weighted by Gasteiger charge is 2.35. The molecular weight excluding hydrogens is 300 g/mol. The van der Waals surface area contributed by atoms with E-state index in [1.807, 2.05) is 31.2 Å². The molecule has 1 atom stereocenters. The lowest BCUT2D eigenvalue weighted by atomic mass is 10.1. The summed E-state index contributed by atoms with van der Waals surface area (Å²) in [6.45, 7) is 2.30. The number of rotatable bonds is 5. The summed E-state index contributed by atoms with van der Waals surface area (Å²) >= 11 is 1.63. The van der Waals surface area contributed by atoms with Crippen molar-refractivity contribution in [2.24, 2.45) is 0 Å². The van der Waals surface area contributed by atoms with Crippen LogP contribution < -0.4 is 4.74 Å². The summed E-state index contributed by atoms with van der Waals surface area (Å²) < 4.78 is 5.32.